The Morgan fingerprint density at radius 3 is 2.53 bits per heavy atom. The maximum atomic E-state index is 14.2. The molecule has 166 valence electrons. The number of hydrogen-bond acceptors (Lipinski definition) is 4. The molecular weight excluding hydrogens is 405 g/mol. The third-order valence-corrected chi connectivity index (χ3v) is 5.76. The number of ether oxygens (including phenoxy) is 3. The number of methoxy groups -OCH3 is 2. The smallest absolute Gasteiger partial charge is 0.165 e. The van der Waals surface area contributed by atoms with Crippen LogP contribution in [-0.2, 0) is 13.0 Å². The first kappa shape index (κ1) is 21.9. The van der Waals surface area contributed by atoms with Gasteiger partial charge in [-0.15, -0.1) is 0 Å². The lowest BCUT2D eigenvalue weighted by atomic mass is 9.92. The monoisotopic (exact) mass is 433 g/mol. The van der Waals surface area contributed by atoms with E-state index in [1.54, 1.807) is 13.2 Å². The lowest BCUT2D eigenvalue weighted by molar-refractivity contribution is 0.283. The van der Waals surface area contributed by atoms with Crippen molar-refractivity contribution in [2.45, 2.75) is 26.0 Å². The average molecular weight is 434 g/mol. The molecule has 4 nitrogen and oxygen atoms in total. The van der Waals surface area contributed by atoms with Gasteiger partial charge in [0.15, 0.2) is 23.1 Å². The Balaban J connectivity index is 1.58. The molecule has 0 bridgehead atoms. The first-order valence-corrected chi connectivity index (χ1v) is 10.7. The van der Waals surface area contributed by atoms with Gasteiger partial charge in [0.1, 0.15) is 6.61 Å². The van der Waals surface area contributed by atoms with Crippen LogP contribution >= 0.6 is 0 Å². The van der Waals surface area contributed by atoms with Crippen LogP contribution in [0.4, 0.5) is 4.39 Å². The summed E-state index contributed by atoms with van der Waals surface area (Å²) in [6.45, 7) is 3.28. The molecule has 3 aromatic rings. The summed E-state index contributed by atoms with van der Waals surface area (Å²) in [7, 11) is 3.13. The second-order valence-electron chi connectivity index (χ2n) is 7.86. The summed E-state index contributed by atoms with van der Waals surface area (Å²) in [5, 5.41) is 3.53. The molecule has 1 unspecified atom stereocenters. The molecule has 3 aromatic carbocycles. The topological polar surface area (TPSA) is 39.7 Å². The second-order valence-corrected chi connectivity index (χ2v) is 7.86. The molecule has 1 aliphatic rings. The zero-order valence-electron chi connectivity index (χ0n) is 18.7. The van der Waals surface area contributed by atoms with Gasteiger partial charge in [0.2, 0.25) is 0 Å². The van der Waals surface area contributed by atoms with E-state index in [4.69, 9.17) is 14.2 Å². The number of benzene rings is 3. The largest absolute Gasteiger partial charge is 0.494 e. The zero-order valence-corrected chi connectivity index (χ0v) is 18.7. The van der Waals surface area contributed by atoms with Crippen LogP contribution < -0.4 is 19.5 Å². The van der Waals surface area contributed by atoms with Crippen LogP contribution in [0.1, 0.15) is 33.9 Å². The molecule has 0 saturated carbocycles. The van der Waals surface area contributed by atoms with Crippen molar-refractivity contribution < 1.29 is 18.6 Å². The number of halogens is 1. The SMILES string of the molecule is COc1cc(C)c(/C=C/C2NCCc3cc(OCc4ccccc4)c(OC)cc32)cc1F. The van der Waals surface area contributed by atoms with E-state index in [-0.39, 0.29) is 17.6 Å². The fourth-order valence-electron chi connectivity index (χ4n) is 3.98. The summed E-state index contributed by atoms with van der Waals surface area (Å²) in [6, 6.07) is 17.4. The van der Waals surface area contributed by atoms with Crippen LogP contribution in [0.5, 0.6) is 17.2 Å². The van der Waals surface area contributed by atoms with Gasteiger partial charge in [-0.1, -0.05) is 42.5 Å². The summed E-state index contributed by atoms with van der Waals surface area (Å²) < 4.78 is 30.9. The summed E-state index contributed by atoms with van der Waals surface area (Å²) >= 11 is 0. The highest BCUT2D eigenvalue weighted by Crippen LogP contribution is 2.36. The van der Waals surface area contributed by atoms with E-state index in [1.165, 1.54) is 18.7 Å². The molecule has 0 aromatic heterocycles. The first-order valence-electron chi connectivity index (χ1n) is 10.7. The molecule has 1 aliphatic heterocycles. The first-order chi connectivity index (χ1) is 15.6. The lowest BCUT2D eigenvalue weighted by Crippen LogP contribution is -2.28. The third-order valence-electron chi connectivity index (χ3n) is 5.76. The predicted octanol–water partition coefficient (Wildman–Crippen LogP) is 5.63. The third kappa shape index (κ3) is 4.78. The van der Waals surface area contributed by atoms with Gasteiger partial charge in [0.25, 0.3) is 0 Å². The number of rotatable bonds is 7. The highest BCUT2D eigenvalue weighted by Gasteiger charge is 2.21. The molecule has 32 heavy (non-hydrogen) atoms. The molecule has 0 spiro atoms. The Kier molecular flexibility index (Phi) is 6.76. The molecule has 0 aliphatic carbocycles. The van der Waals surface area contributed by atoms with E-state index in [0.29, 0.717) is 12.4 Å². The van der Waals surface area contributed by atoms with Gasteiger partial charge in [-0.25, -0.2) is 4.39 Å². The van der Waals surface area contributed by atoms with Gasteiger partial charge in [-0.05, 0) is 65.4 Å². The van der Waals surface area contributed by atoms with Crippen molar-refractivity contribution in [3.05, 3.63) is 94.3 Å². The minimum atomic E-state index is -0.364. The standard InChI is InChI=1S/C27H28FNO3/c1-18-13-25(30-2)23(28)14-20(18)9-10-24-22-16-26(31-3)27(15-21(22)11-12-29-24)32-17-19-7-5-4-6-8-19/h4-10,13-16,24,29H,11-12,17H2,1-3H3/b10-9+. The van der Waals surface area contributed by atoms with E-state index >= 15 is 0 Å². The molecule has 0 radical (unpaired) electrons. The van der Waals surface area contributed by atoms with Gasteiger partial charge in [0.05, 0.1) is 20.3 Å². The fraction of sp³-hybridized carbons (Fsp3) is 0.259. The summed E-state index contributed by atoms with van der Waals surface area (Å²) in [6.07, 6.45) is 4.93. The fourth-order valence-corrected chi connectivity index (χ4v) is 3.98. The predicted molar refractivity (Wildman–Crippen MR) is 125 cm³/mol. The van der Waals surface area contributed by atoms with E-state index in [1.807, 2.05) is 49.4 Å². The Labute approximate surface area is 188 Å². The highest BCUT2D eigenvalue weighted by atomic mass is 19.1. The average Bonchev–Trinajstić information content (AvgIpc) is 2.82. The summed E-state index contributed by atoms with van der Waals surface area (Å²) in [5.74, 6) is 1.34. The Morgan fingerprint density at radius 1 is 1.00 bits per heavy atom. The maximum absolute atomic E-state index is 14.2. The molecular formula is C27H28FNO3. The molecule has 0 saturated heterocycles. The van der Waals surface area contributed by atoms with Gasteiger partial charge in [-0.3, -0.25) is 0 Å². The van der Waals surface area contributed by atoms with Gasteiger partial charge < -0.3 is 19.5 Å². The van der Waals surface area contributed by atoms with E-state index in [2.05, 4.69) is 17.5 Å². The zero-order chi connectivity index (χ0) is 22.5. The van der Waals surface area contributed by atoms with E-state index in [0.717, 1.165) is 41.0 Å². The van der Waals surface area contributed by atoms with Crippen molar-refractivity contribution in [1.29, 1.82) is 0 Å². The van der Waals surface area contributed by atoms with Crippen molar-refractivity contribution in [3.63, 3.8) is 0 Å². The maximum Gasteiger partial charge on any atom is 0.165 e. The molecule has 1 atom stereocenters. The van der Waals surface area contributed by atoms with Crippen LogP contribution in [0.15, 0.2) is 60.7 Å². The van der Waals surface area contributed by atoms with Gasteiger partial charge in [-0.2, -0.15) is 0 Å². The van der Waals surface area contributed by atoms with Crippen LogP contribution in [0.3, 0.4) is 0 Å². The van der Waals surface area contributed by atoms with Crippen molar-refractivity contribution in [3.8, 4) is 17.2 Å². The molecule has 4 rings (SSSR count). The minimum absolute atomic E-state index is 0.000358. The van der Waals surface area contributed by atoms with Crippen molar-refractivity contribution in [2.24, 2.45) is 0 Å². The van der Waals surface area contributed by atoms with E-state index in [9.17, 15) is 4.39 Å². The highest BCUT2D eigenvalue weighted by molar-refractivity contribution is 5.58. The molecule has 5 heteroatoms. The number of hydrogen-bond donors (Lipinski definition) is 1. The van der Waals surface area contributed by atoms with Crippen LogP contribution in [-0.4, -0.2) is 20.8 Å². The quantitative estimate of drug-likeness (QED) is 0.524. The summed E-state index contributed by atoms with van der Waals surface area (Å²) in [5.41, 5.74) is 5.25. The van der Waals surface area contributed by atoms with Crippen LogP contribution in [0.2, 0.25) is 0 Å². The molecule has 1 heterocycles. The Hall–Kier alpha value is -3.31. The molecule has 0 amide bonds. The number of fused-ring (bicyclic) bond motifs is 1. The van der Waals surface area contributed by atoms with Gasteiger partial charge >= 0.3 is 0 Å². The Morgan fingerprint density at radius 2 is 1.78 bits per heavy atom. The Bertz CT molecular complexity index is 1110. The lowest BCUT2D eigenvalue weighted by Gasteiger charge is -2.26. The van der Waals surface area contributed by atoms with Crippen molar-refractivity contribution in [1.82, 2.24) is 5.32 Å². The van der Waals surface area contributed by atoms with E-state index < -0.39 is 0 Å². The van der Waals surface area contributed by atoms with Crippen molar-refractivity contribution >= 4 is 6.08 Å². The molecule has 0 fully saturated rings. The van der Waals surface area contributed by atoms with Crippen molar-refractivity contribution in [2.75, 3.05) is 20.8 Å². The minimum Gasteiger partial charge on any atom is -0.494 e. The summed E-state index contributed by atoms with van der Waals surface area (Å²) in [4.78, 5) is 0. The second kappa shape index (κ2) is 9.88. The van der Waals surface area contributed by atoms with Crippen LogP contribution in [0.25, 0.3) is 6.08 Å². The van der Waals surface area contributed by atoms with Gasteiger partial charge in [0, 0.05) is 6.54 Å². The normalized spacial score (nSPS) is 15.4. The van der Waals surface area contributed by atoms with Crippen LogP contribution in [0, 0.1) is 12.7 Å². The number of aryl methyl sites for hydroxylation is 1. The molecule has 1 N–H and O–H groups in total. The number of nitrogens with one attached hydrogen (secondary N) is 1.